The van der Waals surface area contributed by atoms with E-state index in [1.54, 1.807) is 18.2 Å². The molecule has 0 unspecified atom stereocenters. The quantitative estimate of drug-likeness (QED) is 0.471. The summed E-state index contributed by atoms with van der Waals surface area (Å²) in [5.74, 6) is 0.215. The van der Waals surface area contributed by atoms with Crippen molar-refractivity contribution in [1.29, 1.82) is 0 Å². The molecular formula is C24H24FNO6S. The number of rotatable bonds is 9. The number of hydrogen-bond acceptors (Lipinski definition) is 7. The lowest BCUT2D eigenvalue weighted by Crippen LogP contribution is -2.17. The van der Waals surface area contributed by atoms with Crippen LogP contribution in [0.1, 0.15) is 22.5 Å². The van der Waals surface area contributed by atoms with E-state index in [1.807, 2.05) is 0 Å². The summed E-state index contributed by atoms with van der Waals surface area (Å²) < 4.78 is 53.7. The Morgan fingerprint density at radius 2 is 1.82 bits per heavy atom. The number of fused-ring (bicyclic) bond motifs is 1. The lowest BCUT2D eigenvalue weighted by Gasteiger charge is -2.14. The molecule has 2 aromatic carbocycles. The Morgan fingerprint density at radius 1 is 1.06 bits per heavy atom. The first-order valence-electron chi connectivity index (χ1n) is 10.4. The van der Waals surface area contributed by atoms with E-state index in [0.717, 1.165) is 11.1 Å². The minimum Gasteiger partial charge on any atom is -0.482 e. The van der Waals surface area contributed by atoms with Crippen LogP contribution in [-0.2, 0) is 40.8 Å². The zero-order valence-corrected chi connectivity index (χ0v) is 18.9. The molecule has 0 saturated heterocycles. The standard InChI is InChI=1S/C24H24FNO6S/c1-30-8-9-33(28,29)22-6-2-17(3-7-22)15-32-24-16-31-21(11-23(24)27)14-26-12-18-4-5-20(25)10-19(18)13-26/h2-7,10-11,16H,8-9,12-15H2,1H3. The van der Waals surface area contributed by atoms with Crippen LogP contribution in [0.2, 0.25) is 0 Å². The van der Waals surface area contributed by atoms with E-state index >= 15 is 0 Å². The highest BCUT2D eigenvalue weighted by Gasteiger charge is 2.20. The van der Waals surface area contributed by atoms with Crippen molar-refractivity contribution in [2.75, 3.05) is 19.5 Å². The van der Waals surface area contributed by atoms with Crippen LogP contribution in [0.15, 0.2) is 68.9 Å². The van der Waals surface area contributed by atoms with Crippen molar-refractivity contribution in [3.05, 3.63) is 93.3 Å². The van der Waals surface area contributed by atoms with Crippen molar-refractivity contribution in [3.63, 3.8) is 0 Å². The summed E-state index contributed by atoms with van der Waals surface area (Å²) >= 11 is 0. The van der Waals surface area contributed by atoms with Crippen molar-refractivity contribution >= 4 is 9.84 Å². The van der Waals surface area contributed by atoms with E-state index in [0.29, 0.717) is 31.0 Å². The number of halogens is 1. The molecule has 1 aromatic heterocycles. The van der Waals surface area contributed by atoms with Gasteiger partial charge in [-0.05, 0) is 41.0 Å². The molecule has 1 aliphatic heterocycles. The van der Waals surface area contributed by atoms with Crippen LogP contribution in [0.4, 0.5) is 4.39 Å². The Labute approximate surface area is 191 Å². The van der Waals surface area contributed by atoms with E-state index in [9.17, 15) is 17.6 Å². The number of methoxy groups -OCH3 is 1. The molecule has 33 heavy (non-hydrogen) atoms. The highest BCUT2D eigenvalue weighted by atomic mass is 32.2. The molecule has 2 heterocycles. The third kappa shape index (κ3) is 5.68. The molecule has 0 radical (unpaired) electrons. The second-order valence-corrected chi connectivity index (χ2v) is 9.99. The van der Waals surface area contributed by atoms with Gasteiger partial charge in [0, 0.05) is 26.3 Å². The molecule has 0 spiro atoms. The van der Waals surface area contributed by atoms with Crippen LogP contribution in [-0.4, -0.2) is 32.8 Å². The number of ether oxygens (including phenoxy) is 2. The smallest absolute Gasteiger partial charge is 0.227 e. The molecular weight excluding hydrogens is 449 g/mol. The predicted molar refractivity (Wildman–Crippen MR) is 119 cm³/mol. The van der Waals surface area contributed by atoms with Gasteiger partial charge in [0.25, 0.3) is 0 Å². The third-order valence-electron chi connectivity index (χ3n) is 5.42. The molecule has 3 aromatic rings. The topological polar surface area (TPSA) is 86.1 Å². The summed E-state index contributed by atoms with van der Waals surface area (Å²) in [4.78, 5) is 14.7. The minimum absolute atomic E-state index is 0.0716. The van der Waals surface area contributed by atoms with Crippen molar-refractivity contribution in [2.45, 2.75) is 31.1 Å². The lowest BCUT2D eigenvalue weighted by molar-refractivity contribution is 0.217. The summed E-state index contributed by atoms with van der Waals surface area (Å²) in [6, 6.07) is 12.5. The van der Waals surface area contributed by atoms with Gasteiger partial charge in [0.15, 0.2) is 9.84 Å². The largest absolute Gasteiger partial charge is 0.482 e. The van der Waals surface area contributed by atoms with E-state index in [2.05, 4.69) is 4.90 Å². The van der Waals surface area contributed by atoms with Gasteiger partial charge in [0.1, 0.15) is 24.4 Å². The van der Waals surface area contributed by atoms with Crippen molar-refractivity contribution in [3.8, 4) is 5.75 Å². The van der Waals surface area contributed by atoms with Gasteiger partial charge >= 0.3 is 0 Å². The number of hydrogen-bond donors (Lipinski definition) is 0. The summed E-state index contributed by atoms with van der Waals surface area (Å²) in [6.45, 7) is 1.89. The fraction of sp³-hybridized carbons (Fsp3) is 0.292. The molecule has 174 valence electrons. The molecule has 0 fully saturated rings. The molecule has 4 rings (SSSR count). The van der Waals surface area contributed by atoms with Gasteiger partial charge < -0.3 is 13.9 Å². The molecule has 0 atom stereocenters. The highest BCUT2D eigenvalue weighted by Crippen LogP contribution is 2.25. The summed E-state index contributed by atoms with van der Waals surface area (Å²) in [6.07, 6.45) is 1.28. The number of benzene rings is 2. The first-order valence-corrected chi connectivity index (χ1v) is 12.0. The highest BCUT2D eigenvalue weighted by molar-refractivity contribution is 7.91. The Morgan fingerprint density at radius 3 is 2.55 bits per heavy atom. The van der Waals surface area contributed by atoms with Crippen LogP contribution in [0.3, 0.4) is 0 Å². The van der Waals surface area contributed by atoms with Crippen molar-refractivity contribution in [2.24, 2.45) is 0 Å². The molecule has 0 N–H and O–H groups in total. The zero-order chi connectivity index (χ0) is 23.4. The van der Waals surface area contributed by atoms with Crippen LogP contribution >= 0.6 is 0 Å². The van der Waals surface area contributed by atoms with Crippen LogP contribution in [0.25, 0.3) is 0 Å². The maximum absolute atomic E-state index is 13.4. The first kappa shape index (κ1) is 23.2. The Balaban J connectivity index is 1.34. The van der Waals surface area contributed by atoms with E-state index in [4.69, 9.17) is 13.9 Å². The lowest BCUT2D eigenvalue weighted by atomic mass is 10.1. The van der Waals surface area contributed by atoms with E-state index in [1.165, 1.54) is 43.7 Å². The molecule has 0 amide bonds. The molecule has 7 nitrogen and oxygen atoms in total. The van der Waals surface area contributed by atoms with Crippen LogP contribution in [0, 0.1) is 5.82 Å². The van der Waals surface area contributed by atoms with Crippen molar-refractivity contribution in [1.82, 2.24) is 4.90 Å². The zero-order valence-electron chi connectivity index (χ0n) is 18.1. The van der Waals surface area contributed by atoms with Gasteiger partial charge in [-0.15, -0.1) is 0 Å². The molecule has 0 aliphatic carbocycles. The maximum Gasteiger partial charge on any atom is 0.227 e. The van der Waals surface area contributed by atoms with E-state index < -0.39 is 9.84 Å². The fourth-order valence-electron chi connectivity index (χ4n) is 3.66. The Bertz CT molecular complexity index is 1290. The first-order chi connectivity index (χ1) is 15.8. The normalized spacial score (nSPS) is 13.8. The Kier molecular flexibility index (Phi) is 6.92. The third-order valence-corrected chi connectivity index (χ3v) is 7.12. The monoisotopic (exact) mass is 473 g/mol. The molecule has 9 heteroatoms. The maximum atomic E-state index is 13.4. The van der Waals surface area contributed by atoms with Gasteiger partial charge in [-0.2, -0.15) is 0 Å². The molecule has 1 aliphatic rings. The molecule has 0 saturated carbocycles. The fourth-order valence-corrected chi connectivity index (χ4v) is 4.83. The summed E-state index contributed by atoms with van der Waals surface area (Å²) in [5, 5.41) is 0. The van der Waals surface area contributed by atoms with Gasteiger partial charge in [-0.1, -0.05) is 18.2 Å². The van der Waals surface area contributed by atoms with Gasteiger partial charge in [0.2, 0.25) is 11.2 Å². The average Bonchev–Trinajstić information content (AvgIpc) is 3.18. The summed E-state index contributed by atoms with van der Waals surface area (Å²) in [7, 11) is -1.95. The summed E-state index contributed by atoms with van der Waals surface area (Å²) in [5.41, 5.74) is 2.41. The molecule has 0 bridgehead atoms. The average molecular weight is 474 g/mol. The predicted octanol–water partition coefficient (Wildman–Crippen LogP) is 3.29. The minimum atomic E-state index is -3.40. The Hall–Kier alpha value is -3.01. The van der Waals surface area contributed by atoms with Crippen LogP contribution in [0.5, 0.6) is 5.75 Å². The van der Waals surface area contributed by atoms with Crippen LogP contribution < -0.4 is 10.2 Å². The van der Waals surface area contributed by atoms with Gasteiger partial charge in [-0.3, -0.25) is 9.69 Å². The van der Waals surface area contributed by atoms with Gasteiger partial charge in [0.05, 0.1) is 23.8 Å². The van der Waals surface area contributed by atoms with Crippen molar-refractivity contribution < 1.29 is 26.7 Å². The number of sulfone groups is 1. The van der Waals surface area contributed by atoms with E-state index in [-0.39, 0.29) is 40.9 Å². The second-order valence-electron chi connectivity index (χ2n) is 7.88. The number of nitrogens with zero attached hydrogens (tertiary/aromatic N) is 1. The van der Waals surface area contributed by atoms with Gasteiger partial charge in [-0.25, -0.2) is 12.8 Å². The second kappa shape index (κ2) is 9.86. The SMILES string of the molecule is COCCS(=O)(=O)c1ccc(COc2coc(CN3Cc4ccc(F)cc4C3)cc2=O)cc1.